The monoisotopic (exact) mass is 1070 g/mol. The number of nitrogens with one attached hydrogen (secondary N) is 2. The van der Waals surface area contributed by atoms with Crippen molar-refractivity contribution >= 4 is 23.8 Å². The molecule has 0 spiro atoms. The van der Waals surface area contributed by atoms with Gasteiger partial charge >= 0.3 is 11.9 Å². The van der Waals surface area contributed by atoms with Crippen LogP contribution in [0.25, 0.3) is 0 Å². The molecule has 446 valence electrons. The number of ether oxygens (including phenoxy) is 2. The topological polar surface area (TPSA) is 158 Å². The molecule has 0 aromatic rings. The zero-order valence-corrected chi connectivity index (χ0v) is 50.4. The van der Waals surface area contributed by atoms with Gasteiger partial charge in [0.05, 0.1) is 25.3 Å². The molecular weight excluding hydrogens is 953 g/mol. The lowest BCUT2D eigenvalue weighted by molar-refractivity contribution is -0.157. The highest BCUT2D eigenvalue weighted by Gasteiger charge is 2.24. The molecule has 0 fully saturated rings. The van der Waals surface area contributed by atoms with Gasteiger partial charge in [0.1, 0.15) is 12.2 Å². The van der Waals surface area contributed by atoms with Crippen molar-refractivity contribution in [2.75, 3.05) is 53.4 Å². The predicted molar refractivity (Wildman–Crippen MR) is 318 cm³/mol. The van der Waals surface area contributed by atoms with Crippen molar-refractivity contribution in [1.29, 1.82) is 0 Å². The molecule has 4 atom stereocenters. The number of carbonyl (C=O) groups is 4. The Morgan fingerprint density at radius 1 is 0.421 bits per heavy atom. The second kappa shape index (κ2) is 55.5. The van der Waals surface area contributed by atoms with E-state index in [0.29, 0.717) is 45.2 Å². The maximum Gasteiger partial charge on any atom is 0.320 e. The highest BCUT2D eigenvalue weighted by Crippen LogP contribution is 2.18. The van der Waals surface area contributed by atoms with Crippen LogP contribution in [0.5, 0.6) is 0 Å². The Morgan fingerprint density at radius 3 is 1.18 bits per heavy atom. The standard InChI is InChI=1S/C64H122N4O8/c1-7-11-15-17-19-21-23-27-31-35-43-53-67(5)55-63(73)75-59(47-37-13-9-3)57(69)45-39-33-29-25-26-30-34-40-49-61(71)65-51-52-66-62(72)50-42-41-46-58(70)60(48-38-14-10-4)76-64(74)56-68(6)54-44-36-32-28-24-22-20-18-16-12-8-2/h33,39,41-42,57-60,69-70H,7-32,34-38,40,43-56H2,1-6H3,(H,65,71)(H,66,72). The highest BCUT2D eigenvalue weighted by atomic mass is 16.6. The van der Waals surface area contributed by atoms with Gasteiger partial charge < -0.3 is 30.3 Å². The molecule has 0 aliphatic carbocycles. The number of hydrogen-bond acceptors (Lipinski definition) is 10. The van der Waals surface area contributed by atoms with Crippen molar-refractivity contribution < 1.29 is 38.9 Å². The summed E-state index contributed by atoms with van der Waals surface area (Å²) in [5, 5.41) is 27.7. The normalized spacial score (nSPS) is 13.4. The molecule has 4 N–H and O–H groups in total. The second-order valence-corrected chi connectivity index (χ2v) is 22.4. The van der Waals surface area contributed by atoms with E-state index in [0.717, 1.165) is 103 Å². The first-order chi connectivity index (χ1) is 37.0. The van der Waals surface area contributed by atoms with Gasteiger partial charge in [-0.15, -0.1) is 0 Å². The minimum atomic E-state index is -0.841. The van der Waals surface area contributed by atoms with E-state index in [2.05, 4.69) is 49.3 Å². The summed E-state index contributed by atoms with van der Waals surface area (Å²) in [6.45, 7) is 11.7. The van der Waals surface area contributed by atoms with Gasteiger partial charge in [0.15, 0.2) is 0 Å². The number of likely N-dealkylation sites (N-methyl/N-ethyl adjacent to an activating group) is 2. The SMILES string of the molecule is CCCCCCCCCCCCCN(C)CC(=O)OC(CCCCC)C(O)CC=CCCCCCCCC(=O)NCCNC(=O)CC=CCC(O)C(CCCCC)OC(=O)CN(C)CCCCCCCCCCCCC. The Morgan fingerprint density at radius 2 is 0.763 bits per heavy atom. The molecular formula is C64H122N4O8. The lowest BCUT2D eigenvalue weighted by Gasteiger charge is -2.24. The summed E-state index contributed by atoms with van der Waals surface area (Å²) in [5.74, 6) is -0.730. The van der Waals surface area contributed by atoms with Crippen LogP contribution in [-0.2, 0) is 28.7 Å². The van der Waals surface area contributed by atoms with Gasteiger partial charge in [-0.25, -0.2) is 0 Å². The highest BCUT2D eigenvalue weighted by molar-refractivity contribution is 5.78. The number of nitrogens with zero attached hydrogens (tertiary/aromatic N) is 2. The Labute approximate surface area is 467 Å². The number of aliphatic hydroxyl groups excluding tert-OH is 2. The largest absolute Gasteiger partial charge is 0.459 e. The Balaban J connectivity index is 4.24. The number of unbranched alkanes of at least 4 members (excludes halogenated alkanes) is 29. The van der Waals surface area contributed by atoms with Crippen LogP contribution in [0, 0.1) is 0 Å². The molecule has 0 radical (unpaired) electrons. The van der Waals surface area contributed by atoms with Crippen molar-refractivity contribution in [3.63, 3.8) is 0 Å². The van der Waals surface area contributed by atoms with Crippen LogP contribution in [0.2, 0.25) is 0 Å². The van der Waals surface area contributed by atoms with Crippen molar-refractivity contribution in [3.05, 3.63) is 24.3 Å². The van der Waals surface area contributed by atoms with Crippen LogP contribution in [0.15, 0.2) is 24.3 Å². The zero-order valence-electron chi connectivity index (χ0n) is 50.4. The molecule has 0 saturated heterocycles. The third-order valence-electron chi connectivity index (χ3n) is 14.6. The number of rotatable bonds is 57. The van der Waals surface area contributed by atoms with Crippen LogP contribution in [-0.4, -0.2) is 122 Å². The van der Waals surface area contributed by atoms with Crippen LogP contribution in [0.1, 0.15) is 285 Å². The van der Waals surface area contributed by atoms with E-state index in [-0.39, 0.29) is 43.3 Å². The van der Waals surface area contributed by atoms with Crippen LogP contribution in [0.3, 0.4) is 0 Å². The maximum atomic E-state index is 12.9. The number of esters is 2. The zero-order chi connectivity index (χ0) is 56.0. The number of allylic oxidation sites excluding steroid dienone is 1. The van der Waals surface area contributed by atoms with E-state index in [1.54, 1.807) is 12.2 Å². The molecule has 0 heterocycles. The first-order valence-electron chi connectivity index (χ1n) is 31.9. The lowest BCUT2D eigenvalue weighted by atomic mass is 10.0. The molecule has 0 saturated carbocycles. The van der Waals surface area contributed by atoms with Crippen molar-refractivity contribution in [3.8, 4) is 0 Å². The third-order valence-corrected chi connectivity index (χ3v) is 14.6. The van der Waals surface area contributed by atoms with Crippen molar-refractivity contribution in [1.82, 2.24) is 20.4 Å². The average Bonchev–Trinajstić information content (AvgIpc) is 3.39. The quantitative estimate of drug-likeness (QED) is 0.0263. The van der Waals surface area contributed by atoms with E-state index >= 15 is 0 Å². The first kappa shape index (κ1) is 73.2. The van der Waals surface area contributed by atoms with E-state index in [1.165, 1.54) is 128 Å². The number of carbonyl (C=O) groups excluding carboxylic acids is 4. The molecule has 0 aliphatic rings. The Hall–Kier alpha value is -2.80. The summed E-state index contributed by atoms with van der Waals surface area (Å²) in [4.78, 5) is 54.6. The maximum absolute atomic E-state index is 12.9. The summed E-state index contributed by atoms with van der Waals surface area (Å²) < 4.78 is 11.7. The summed E-state index contributed by atoms with van der Waals surface area (Å²) in [6, 6.07) is 0. The smallest absolute Gasteiger partial charge is 0.320 e. The van der Waals surface area contributed by atoms with Gasteiger partial charge in [0.25, 0.3) is 0 Å². The molecule has 2 amide bonds. The van der Waals surface area contributed by atoms with Crippen molar-refractivity contribution in [2.24, 2.45) is 0 Å². The fourth-order valence-corrected chi connectivity index (χ4v) is 9.68. The molecule has 76 heavy (non-hydrogen) atoms. The van der Waals surface area contributed by atoms with E-state index in [1.807, 2.05) is 25.1 Å². The van der Waals surface area contributed by atoms with Crippen LogP contribution in [0.4, 0.5) is 0 Å². The number of amides is 2. The van der Waals surface area contributed by atoms with E-state index in [9.17, 15) is 29.4 Å². The Bertz CT molecular complexity index is 1400. The first-order valence-corrected chi connectivity index (χ1v) is 31.9. The fraction of sp³-hybridized carbons (Fsp3) is 0.875. The molecule has 0 bridgehead atoms. The molecule has 0 aromatic carbocycles. The average molecular weight is 1080 g/mol. The molecule has 0 aromatic heterocycles. The molecule has 12 heteroatoms. The van der Waals surface area contributed by atoms with Gasteiger partial charge in [-0.2, -0.15) is 0 Å². The molecule has 12 nitrogen and oxygen atoms in total. The lowest BCUT2D eigenvalue weighted by Crippen LogP contribution is -2.36. The van der Waals surface area contributed by atoms with Crippen LogP contribution >= 0.6 is 0 Å². The number of aliphatic hydroxyl groups is 2. The number of hydrogen-bond donors (Lipinski definition) is 4. The van der Waals surface area contributed by atoms with Gasteiger partial charge in [-0.1, -0.05) is 225 Å². The summed E-state index contributed by atoms with van der Waals surface area (Å²) >= 11 is 0. The Kier molecular flexibility index (Phi) is 53.5. The molecule has 0 aliphatic heterocycles. The summed E-state index contributed by atoms with van der Waals surface area (Å²) in [6.07, 6.45) is 48.1. The van der Waals surface area contributed by atoms with E-state index < -0.39 is 24.4 Å². The minimum Gasteiger partial charge on any atom is -0.459 e. The van der Waals surface area contributed by atoms with Gasteiger partial charge in [-0.05, 0) is 97.8 Å². The van der Waals surface area contributed by atoms with E-state index in [4.69, 9.17) is 9.47 Å². The van der Waals surface area contributed by atoms with Gasteiger partial charge in [0.2, 0.25) is 11.8 Å². The summed E-state index contributed by atoms with van der Waals surface area (Å²) in [7, 11) is 3.94. The van der Waals surface area contributed by atoms with Gasteiger partial charge in [0, 0.05) is 25.9 Å². The van der Waals surface area contributed by atoms with Crippen molar-refractivity contribution in [2.45, 2.75) is 309 Å². The van der Waals surface area contributed by atoms with Crippen LogP contribution < -0.4 is 10.6 Å². The molecule has 0 rings (SSSR count). The summed E-state index contributed by atoms with van der Waals surface area (Å²) in [5.41, 5.74) is 0. The fourth-order valence-electron chi connectivity index (χ4n) is 9.68. The van der Waals surface area contributed by atoms with Gasteiger partial charge in [-0.3, -0.25) is 29.0 Å². The second-order valence-electron chi connectivity index (χ2n) is 22.4. The predicted octanol–water partition coefficient (Wildman–Crippen LogP) is 14.4. The third kappa shape index (κ3) is 49.5. The molecule has 4 unspecified atom stereocenters. The minimum absolute atomic E-state index is 0.0138.